The highest BCUT2D eigenvalue weighted by atomic mass is 17.2. The summed E-state index contributed by atoms with van der Waals surface area (Å²) in [4.78, 5) is 22.0. The molecule has 0 aromatic rings. The highest BCUT2D eigenvalue weighted by Crippen LogP contribution is 2.13. The van der Waals surface area contributed by atoms with Crippen LogP contribution in [0.25, 0.3) is 0 Å². The quantitative estimate of drug-likeness (QED) is 0.418. The van der Waals surface area contributed by atoms with E-state index in [1.807, 2.05) is 48.5 Å². The topological polar surface area (TPSA) is 35.5 Å². The number of allylic oxidation sites excluding steroid dienone is 3. The van der Waals surface area contributed by atoms with Crippen LogP contribution in [0, 0.1) is 0 Å². The summed E-state index contributed by atoms with van der Waals surface area (Å²) >= 11 is 0. The first kappa shape index (κ1) is 16.1. The molecule has 0 aliphatic carbocycles. The van der Waals surface area contributed by atoms with Crippen LogP contribution in [0.4, 0.5) is 0 Å². The molecule has 0 saturated carbocycles. The number of hydrogen-bond acceptors (Lipinski definition) is 3. The fraction of sp³-hybridized carbons (Fsp3) is 0.643. The SMILES string of the molecule is CC(C)=CC(=O)/C=C(\C)C(C)OOC(C)(C)C. The number of ketones is 1. The molecule has 0 fully saturated rings. The van der Waals surface area contributed by atoms with Crippen LogP contribution >= 0.6 is 0 Å². The van der Waals surface area contributed by atoms with Gasteiger partial charge in [0.2, 0.25) is 0 Å². The lowest BCUT2D eigenvalue weighted by molar-refractivity contribution is -0.363. The Morgan fingerprint density at radius 2 is 1.65 bits per heavy atom. The van der Waals surface area contributed by atoms with Crippen molar-refractivity contribution >= 4 is 5.78 Å². The molecule has 0 aromatic carbocycles. The van der Waals surface area contributed by atoms with Crippen LogP contribution in [0.1, 0.15) is 48.5 Å². The van der Waals surface area contributed by atoms with Gasteiger partial charge in [-0.3, -0.25) is 4.79 Å². The minimum Gasteiger partial charge on any atom is -0.290 e. The molecule has 0 saturated heterocycles. The van der Waals surface area contributed by atoms with Gasteiger partial charge < -0.3 is 0 Å². The first-order valence-electron chi connectivity index (χ1n) is 5.83. The predicted octanol–water partition coefficient (Wildman–Crippen LogP) is 3.60. The van der Waals surface area contributed by atoms with E-state index >= 15 is 0 Å². The highest BCUT2D eigenvalue weighted by Gasteiger charge is 2.15. The predicted molar refractivity (Wildman–Crippen MR) is 69.6 cm³/mol. The van der Waals surface area contributed by atoms with E-state index in [0.717, 1.165) is 11.1 Å². The van der Waals surface area contributed by atoms with Crippen molar-refractivity contribution in [3.05, 3.63) is 23.3 Å². The Balaban J connectivity index is 4.40. The molecule has 0 aliphatic heterocycles. The monoisotopic (exact) mass is 240 g/mol. The first-order valence-corrected chi connectivity index (χ1v) is 5.83. The molecule has 0 heterocycles. The van der Waals surface area contributed by atoms with Gasteiger partial charge in [0.05, 0.1) is 5.60 Å². The van der Waals surface area contributed by atoms with Crippen molar-refractivity contribution in [1.29, 1.82) is 0 Å². The molecular formula is C14H24O3. The average Bonchev–Trinajstić information content (AvgIpc) is 2.11. The van der Waals surface area contributed by atoms with Crippen molar-refractivity contribution in [3.8, 4) is 0 Å². The van der Waals surface area contributed by atoms with E-state index in [9.17, 15) is 4.79 Å². The third-order valence-corrected chi connectivity index (χ3v) is 1.88. The summed E-state index contributed by atoms with van der Waals surface area (Å²) in [6.07, 6.45) is 2.94. The van der Waals surface area contributed by atoms with Crippen LogP contribution < -0.4 is 0 Å². The van der Waals surface area contributed by atoms with Gasteiger partial charge in [-0.2, -0.15) is 0 Å². The van der Waals surface area contributed by atoms with Gasteiger partial charge in [0.1, 0.15) is 6.10 Å². The van der Waals surface area contributed by atoms with Crippen LogP contribution in [0.5, 0.6) is 0 Å². The summed E-state index contributed by atoms with van der Waals surface area (Å²) in [5, 5.41) is 0. The third-order valence-electron chi connectivity index (χ3n) is 1.88. The Bertz CT molecular complexity index is 315. The zero-order valence-corrected chi connectivity index (χ0v) is 12.0. The molecule has 0 aliphatic rings. The van der Waals surface area contributed by atoms with Gasteiger partial charge in [0.15, 0.2) is 5.78 Å². The Morgan fingerprint density at radius 1 is 1.12 bits per heavy atom. The van der Waals surface area contributed by atoms with Crippen molar-refractivity contribution < 1.29 is 14.6 Å². The van der Waals surface area contributed by atoms with E-state index in [0.29, 0.717) is 0 Å². The molecule has 0 aromatic heterocycles. The van der Waals surface area contributed by atoms with E-state index < -0.39 is 0 Å². The summed E-state index contributed by atoms with van der Waals surface area (Å²) in [6, 6.07) is 0. The Labute approximate surface area is 104 Å². The van der Waals surface area contributed by atoms with Crippen LogP contribution in [-0.2, 0) is 14.6 Å². The zero-order chi connectivity index (χ0) is 13.6. The van der Waals surface area contributed by atoms with Gasteiger partial charge in [-0.1, -0.05) is 5.57 Å². The molecule has 3 nitrogen and oxygen atoms in total. The molecule has 1 unspecified atom stereocenters. The first-order chi connectivity index (χ1) is 7.61. The maximum absolute atomic E-state index is 11.5. The highest BCUT2D eigenvalue weighted by molar-refractivity contribution is 6.00. The number of carbonyl (C=O) groups excluding carboxylic acids is 1. The fourth-order valence-corrected chi connectivity index (χ4v) is 0.960. The van der Waals surface area contributed by atoms with Crippen molar-refractivity contribution in [3.63, 3.8) is 0 Å². The van der Waals surface area contributed by atoms with E-state index in [4.69, 9.17) is 9.78 Å². The molecule has 0 spiro atoms. The normalized spacial score (nSPS) is 14.4. The Kier molecular flexibility index (Phi) is 6.35. The molecule has 3 heteroatoms. The molecular weight excluding hydrogens is 216 g/mol. The minimum atomic E-state index is -0.349. The molecule has 1 atom stereocenters. The van der Waals surface area contributed by atoms with Crippen LogP contribution in [-0.4, -0.2) is 17.5 Å². The minimum absolute atomic E-state index is 0.0197. The van der Waals surface area contributed by atoms with E-state index in [2.05, 4.69) is 0 Å². The van der Waals surface area contributed by atoms with Gasteiger partial charge >= 0.3 is 0 Å². The number of carbonyl (C=O) groups is 1. The number of hydrogen-bond donors (Lipinski definition) is 0. The number of rotatable bonds is 5. The smallest absolute Gasteiger partial charge is 0.178 e. The molecule has 0 rings (SSSR count). The maximum atomic E-state index is 11.5. The van der Waals surface area contributed by atoms with E-state index in [1.165, 1.54) is 0 Å². The maximum Gasteiger partial charge on any atom is 0.178 e. The third kappa shape index (κ3) is 8.83. The van der Waals surface area contributed by atoms with Crippen molar-refractivity contribution in [1.82, 2.24) is 0 Å². The molecule has 17 heavy (non-hydrogen) atoms. The molecule has 0 radical (unpaired) electrons. The second-order valence-electron chi connectivity index (χ2n) is 5.45. The van der Waals surface area contributed by atoms with Crippen LogP contribution in [0.3, 0.4) is 0 Å². The average molecular weight is 240 g/mol. The largest absolute Gasteiger partial charge is 0.290 e. The lowest BCUT2D eigenvalue weighted by Crippen LogP contribution is -2.23. The summed E-state index contributed by atoms with van der Waals surface area (Å²) < 4.78 is 0. The zero-order valence-electron chi connectivity index (χ0n) is 12.0. The van der Waals surface area contributed by atoms with E-state index in [1.54, 1.807) is 12.2 Å². The van der Waals surface area contributed by atoms with E-state index in [-0.39, 0.29) is 17.5 Å². The molecule has 98 valence electrons. The van der Waals surface area contributed by atoms with Gasteiger partial charge in [0.25, 0.3) is 0 Å². The molecule has 0 bridgehead atoms. The van der Waals surface area contributed by atoms with Gasteiger partial charge in [-0.15, -0.1) is 0 Å². The summed E-state index contributed by atoms with van der Waals surface area (Å²) in [6.45, 7) is 13.2. The molecule has 0 amide bonds. The molecule has 0 N–H and O–H groups in total. The Hall–Kier alpha value is -0.930. The standard InChI is InChI=1S/C14H24O3/c1-10(2)8-13(15)9-11(3)12(4)16-17-14(5,6)7/h8-9,12H,1-7H3/b11-9+. The lowest BCUT2D eigenvalue weighted by atomic mass is 10.1. The lowest BCUT2D eigenvalue weighted by Gasteiger charge is -2.21. The van der Waals surface area contributed by atoms with Crippen LogP contribution in [0.2, 0.25) is 0 Å². The summed E-state index contributed by atoms with van der Waals surface area (Å²) in [5.41, 5.74) is 1.48. The fourth-order valence-electron chi connectivity index (χ4n) is 0.960. The van der Waals surface area contributed by atoms with Crippen LogP contribution in [0.15, 0.2) is 23.3 Å². The Morgan fingerprint density at radius 3 is 2.06 bits per heavy atom. The van der Waals surface area contributed by atoms with Crippen molar-refractivity contribution in [2.24, 2.45) is 0 Å². The summed E-state index contributed by atoms with van der Waals surface area (Å²) in [7, 11) is 0. The van der Waals surface area contributed by atoms with Crippen molar-refractivity contribution in [2.75, 3.05) is 0 Å². The summed E-state index contributed by atoms with van der Waals surface area (Å²) in [5.74, 6) is -0.0197. The van der Waals surface area contributed by atoms with Crippen molar-refractivity contribution in [2.45, 2.75) is 60.2 Å². The van der Waals surface area contributed by atoms with Gasteiger partial charge in [0, 0.05) is 0 Å². The second kappa shape index (κ2) is 6.72. The van der Waals surface area contributed by atoms with Gasteiger partial charge in [-0.05, 0) is 66.2 Å². The van der Waals surface area contributed by atoms with Gasteiger partial charge in [-0.25, -0.2) is 9.78 Å². The second-order valence-corrected chi connectivity index (χ2v) is 5.45.